The topological polar surface area (TPSA) is 80.8 Å². The smallest absolute Gasteiger partial charge is 0.350 e. The van der Waals surface area contributed by atoms with Crippen LogP contribution in [0.25, 0.3) is 10.1 Å². The molecule has 6 nitrogen and oxygen atoms in total. The molecule has 0 fully saturated rings. The number of ketones is 1. The molecule has 0 amide bonds. The van der Waals surface area contributed by atoms with Gasteiger partial charge in [-0.05, 0) is 42.7 Å². The first-order chi connectivity index (χ1) is 14.3. The van der Waals surface area contributed by atoms with Crippen molar-refractivity contribution in [3.63, 3.8) is 0 Å². The average Bonchev–Trinajstić information content (AvgIpc) is 3.07. The van der Waals surface area contributed by atoms with Crippen molar-refractivity contribution < 1.29 is 22.7 Å². The highest BCUT2D eigenvalue weighted by molar-refractivity contribution is 7.92. The van der Waals surface area contributed by atoms with Crippen LogP contribution in [0.2, 0.25) is 5.02 Å². The van der Waals surface area contributed by atoms with Crippen molar-refractivity contribution in [3.8, 4) is 0 Å². The summed E-state index contributed by atoms with van der Waals surface area (Å²) in [4.78, 5) is 25.3. The maximum Gasteiger partial charge on any atom is 0.350 e. The average molecular weight is 464 g/mol. The van der Waals surface area contributed by atoms with Crippen molar-refractivity contribution in [2.75, 3.05) is 23.7 Å². The van der Waals surface area contributed by atoms with E-state index in [0.29, 0.717) is 35.7 Å². The fourth-order valence-corrected chi connectivity index (χ4v) is 5.90. The summed E-state index contributed by atoms with van der Waals surface area (Å²) in [7, 11) is -3.37. The molecule has 1 aliphatic rings. The molecule has 2 aromatic carbocycles. The zero-order valence-corrected chi connectivity index (χ0v) is 18.4. The summed E-state index contributed by atoms with van der Waals surface area (Å²) >= 11 is 7.51. The molecule has 0 spiro atoms. The Hall–Kier alpha value is -2.42. The highest BCUT2D eigenvalue weighted by Crippen LogP contribution is 2.35. The van der Waals surface area contributed by atoms with E-state index in [1.165, 1.54) is 21.9 Å². The zero-order valence-electron chi connectivity index (χ0n) is 16.1. The van der Waals surface area contributed by atoms with E-state index in [1.807, 2.05) is 24.3 Å². The van der Waals surface area contributed by atoms with Gasteiger partial charge in [-0.25, -0.2) is 13.2 Å². The number of nitrogens with zero attached hydrogens (tertiary/aromatic N) is 1. The predicted molar refractivity (Wildman–Crippen MR) is 118 cm³/mol. The molecule has 2 heterocycles. The van der Waals surface area contributed by atoms with Gasteiger partial charge in [-0.15, -0.1) is 11.3 Å². The second kappa shape index (κ2) is 8.02. The van der Waals surface area contributed by atoms with Crippen LogP contribution in [-0.2, 0) is 21.2 Å². The summed E-state index contributed by atoms with van der Waals surface area (Å²) in [6.45, 7) is 0.00461. The predicted octanol–water partition coefficient (Wildman–Crippen LogP) is 4.31. The monoisotopic (exact) mass is 463 g/mol. The van der Waals surface area contributed by atoms with E-state index in [9.17, 15) is 18.0 Å². The number of sulfonamides is 1. The number of Topliss-reactive ketones (excluding diaryl/α,β-unsaturated/α-hetero) is 1. The molecule has 1 aromatic heterocycles. The Bertz CT molecular complexity index is 1270. The summed E-state index contributed by atoms with van der Waals surface area (Å²) in [6, 6.07) is 12.2. The number of halogens is 1. The molecule has 3 aromatic rings. The number of ether oxygens (including phenoxy) is 1. The van der Waals surface area contributed by atoms with Gasteiger partial charge in [0.15, 0.2) is 12.4 Å². The SMILES string of the molecule is CS(=O)(=O)N1CCCc2cc(C(=O)COC(=O)c3sc4ccccc4c3Cl)ccc21. The zero-order chi connectivity index (χ0) is 21.5. The maximum absolute atomic E-state index is 12.6. The number of hydrogen-bond acceptors (Lipinski definition) is 6. The Labute approximate surface area is 183 Å². The standard InChI is InChI=1S/C21H18ClNO5S2/c1-30(26,27)23-10-4-5-13-11-14(8-9-16(13)23)17(24)12-28-21(25)20-19(22)15-6-2-3-7-18(15)29-20/h2-3,6-9,11H,4-5,10,12H2,1H3. The lowest BCUT2D eigenvalue weighted by Gasteiger charge is -2.29. The van der Waals surface area contributed by atoms with E-state index >= 15 is 0 Å². The third-order valence-electron chi connectivity index (χ3n) is 4.93. The van der Waals surface area contributed by atoms with E-state index in [-0.39, 0.29) is 10.7 Å². The Morgan fingerprint density at radius 3 is 2.70 bits per heavy atom. The molecule has 0 saturated carbocycles. The summed E-state index contributed by atoms with van der Waals surface area (Å²) in [5.41, 5.74) is 1.75. The third-order valence-corrected chi connectivity index (χ3v) is 7.77. The second-order valence-corrected chi connectivity index (χ2v) is 10.4. The van der Waals surface area contributed by atoms with Crippen molar-refractivity contribution in [1.29, 1.82) is 0 Å². The van der Waals surface area contributed by atoms with Gasteiger partial charge in [0, 0.05) is 22.2 Å². The van der Waals surface area contributed by atoms with E-state index in [4.69, 9.17) is 16.3 Å². The summed E-state index contributed by atoms with van der Waals surface area (Å²) in [5, 5.41) is 1.09. The number of carbonyl (C=O) groups is 2. The Morgan fingerprint density at radius 1 is 1.20 bits per heavy atom. The minimum atomic E-state index is -3.37. The molecule has 0 unspecified atom stereocenters. The first-order valence-corrected chi connectivity index (χ1v) is 12.3. The van der Waals surface area contributed by atoms with Crippen LogP contribution in [-0.4, -0.2) is 39.6 Å². The number of fused-ring (bicyclic) bond motifs is 2. The Morgan fingerprint density at radius 2 is 1.97 bits per heavy atom. The molecule has 0 bridgehead atoms. The lowest BCUT2D eigenvalue weighted by molar-refractivity contribution is 0.0480. The van der Waals surface area contributed by atoms with Gasteiger partial charge in [0.25, 0.3) is 0 Å². The highest BCUT2D eigenvalue weighted by atomic mass is 35.5. The minimum Gasteiger partial charge on any atom is -0.453 e. The van der Waals surface area contributed by atoms with Crippen LogP contribution < -0.4 is 4.31 Å². The number of anilines is 1. The van der Waals surface area contributed by atoms with Gasteiger partial charge >= 0.3 is 5.97 Å². The van der Waals surface area contributed by atoms with Gasteiger partial charge in [-0.2, -0.15) is 0 Å². The maximum atomic E-state index is 12.6. The van der Waals surface area contributed by atoms with Crippen LogP contribution in [0.5, 0.6) is 0 Å². The normalized spacial score (nSPS) is 13.9. The van der Waals surface area contributed by atoms with E-state index < -0.39 is 22.6 Å². The lowest BCUT2D eigenvalue weighted by Crippen LogP contribution is -2.34. The van der Waals surface area contributed by atoms with Crippen LogP contribution in [0.4, 0.5) is 5.69 Å². The molecular weight excluding hydrogens is 446 g/mol. The number of carbonyl (C=O) groups excluding carboxylic acids is 2. The number of rotatable bonds is 5. The van der Waals surface area contributed by atoms with E-state index in [1.54, 1.807) is 18.2 Å². The molecule has 156 valence electrons. The molecule has 0 aliphatic carbocycles. The first-order valence-electron chi connectivity index (χ1n) is 9.23. The van der Waals surface area contributed by atoms with Gasteiger partial charge in [0.1, 0.15) is 4.88 Å². The number of esters is 1. The molecule has 0 N–H and O–H groups in total. The molecule has 4 rings (SSSR count). The first kappa shape index (κ1) is 20.8. The van der Waals surface area contributed by atoms with Gasteiger partial charge in [-0.1, -0.05) is 29.8 Å². The summed E-state index contributed by atoms with van der Waals surface area (Å²) in [6.07, 6.45) is 2.52. The molecule has 30 heavy (non-hydrogen) atoms. The number of aryl methyl sites for hydroxylation is 1. The fourth-order valence-electron chi connectivity index (χ4n) is 3.51. The molecule has 1 aliphatic heterocycles. The number of hydrogen-bond donors (Lipinski definition) is 0. The Kier molecular flexibility index (Phi) is 5.57. The quantitative estimate of drug-likeness (QED) is 0.416. The van der Waals surface area contributed by atoms with Gasteiger partial charge in [0.05, 0.1) is 17.0 Å². The van der Waals surface area contributed by atoms with E-state index in [2.05, 4.69) is 0 Å². The molecule has 9 heteroatoms. The Balaban J connectivity index is 1.49. The largest absolute Gasteiger partial charge is 0.453 e. The minimum absolute atomic E-state index is 0.264. The second-order valence-electron chi connectivity index (χ2n) is 7.02. The number of thiophene rings is 1. The molecule has 0 saturated heterocycles. The van der Waals surface area contributed by atoms with Crippen LogP contribution in [0.15, 0.2) is 42.5 Å². The van der Waals surface area contributed by atoms with Crippen molar-refractivity contribution in [2.24, 2.45) is 0 Å². The summed E-state index contributed by atoms with van der Waals surface area (Å²) < 4.78 is 31.4. The van der Waals surface area contributed by atoms with Gasteiger partial charge < -0.3 is 4.74 Å². The summed E-state index contributed by atoms with van der Waals surface area (Å²) in [5.74, 6) is -1.00. The van der Waals surface area contributed by atoms with Crippen LogP contribution in [0.3, 0.4) is 0 Å². The lowest BCUT2D eigenvalue weighted by atomic mass is 9.99. The molecular formula is C21H18ClNO5S2. The van der Waals surface area contributed by atoms with Crippen LogP contribution in [0.1, 0.15) is 32.0 Å². The van der Waals surface area contributed by atoms with Crippen molar-refractivity contribution >= 4 is 60.5 Å². The van der Waals surface area contributed by atoms with Gasteiger partial charge in [0.2, 0.25) is 10.0 Å². The fraction of sp³-hybridized carbons (Fsp3) is 0.238. The highest BCUT2D eigenvalue weighted by Gasteiger charge is 2.25. The number of benzene rings is 2. The molecule has 0 atom stereocenters. The third kappa shape index (κ3) is 3.95. The van der Waals surface area contributed by atoms with Crippen LogP contribution >= 0.6 is 22.9 Å². The molecule has 0 radical (unpaired) electrons. The van der Waals surface area contributed by atoms with Crippen LogP contribution in [0, 0.1) is 0 Å². The van der Waals surface area contributed by atoms with Crippen molar-refractivity contribution in [1.82, 2.24) is 0 Å². The van der Waals surface area contributed by atoms with Crippen molar-refractivity contribution in [3.05, 3.63) is 63.5 Å². The van der Waals surface area contributed by atoms with Crippen molar-refractivity contribution in [2.45, 2.75) is 12.8 Å². The van der Waals surface area contributed by atoms with E-state index in [0.717, 1.165) is 15.6 Å². The van der Waals surface area contributed by atoms with Gasteiger partial charge in [-0.3, -0.25) is 9.10 Å².